The molecule has 1 aromatic rings. The van der Waals surface area contributed by atoms with Gasteiger partial charge in [-0.2, -0.15) is 5.26 Å². The molecule has 0 spiro atoms. The highest BCUT2D eigenvalue weighted by Crippen LogP contribution is 2.30. The van der Waals surface area contributed by atoms with Crippen LogP contribution in [0.1, 0.15) is 19.8 Å². The highest BCUT2D eigenvalue weighted by atomic mass is 19.4. The van der Waals surface area contributed by atoms with Crippen molar-refractivity contribution >= 4 is 5.69 Å². The predicted octanol–water partition coefficient (Wildman–Crippen LogP) is 3.69. The Morgan fingerprint density at radius 1 is 1.39 bits per heavy atom. The molecule has 98 valence electrons. The SMILES string of the molecule is CCC(CC#N)Nc1ccccc1OC(F)(F)F. The number of hydrogen-bond acceptors (Lipinski definition) is 3. The third kappa shape index (κ3) is 4.53. The van der Waals surface area contributed by atoms with Crippen molar-refractivity contribution in [3.63, 3.8) is 0 Å². The second-order valence-corrected chi connectivity index (χ2v) is 3.66. The lowest BCUT2D eigenvalue weighted by atomic mass is 10.1. The van der Waals surface area contributed by atoms with E-state index in [-0.39, 0.29) is 23.9 Å². The van der Waals surface area contributed by atoms with Crippen molar-refractivity contribution in [1.29, 1.82) is 5.26 Å². The van der Waals surface area contributed by atoms with Crippen LogP contribution in [0, 0.1) is 11.3 Å². The fourth-order valence-corrected chi connectivity index (χ4v) is 1.43. The van der Waals surface area contributed by atoms with Crippen molar-refractivity contribution in [2.75, 3.05) is 5.32 Å². The summed E-state index contributed by atoms with van der Waals surface area (Å²) < 4.78 is 40.5. The number of para-hydroxylation sites is 2. The number of nitriles is 1. The number of ether oxygens (including phenoxy) is 1. The minimum atomic E-state index is -4.73. The van der Waals surface area contributed by atoms with Crippen LogP contribution < -0.4 is 10.1 Å². The molecule has 1 unspecified atom stereocenters. The molecule has 0 saturated carbocycles. The Morgan fingerprint density at radius 3 is 2.61 bits per heavy atom. The largest absolute Gasteiger partial charge is 0.573 e. The first-order chi connectivity index (χ1) is 8.46. The van der Waals surface area contributed by atoms with Crippen molar-refractivity contribution in [2.24, 2.45) is 0 Å². The summed E-state index contributed by atoms with van der Waals surface area (Å²) in [5, 5.41) is 11.5. The van der Waals surface area contributed by atoms with Crippen molar-refractivity contribution in [2.45, 2.75) is 32.2 Å². The molecule has 18 heavy (non-hydrogen) atoms. The molecule has 1 N–H and O–H groups in total. The second-order valence-electron chi connectivity index (χ2n) is 3.66. The highest BCUT2D eigenvalue weighted by molar-refractivity contribution is 5.56. The van der Waals surface area contributed by atoms with Crippen LogP contribution >= 0.6 is 0 Å². The molecule has 3 nitrogen and oxygen atoms in total. The van der Waals surface area contributed by atoms with E-state index in [1.54, 1.807) is 6.07 Å². The van der Waals surface area contributed by atoms with Crippen LogP contribution in [0.15, 0.2) is 24.3 Å². The maximum Gasteiger partial charge on any atom is 0.573 e. The standard InChI is InChI=1S/C12H13F3N2O/c1-2-9(7-8-16)17-10-5-3-4-6-11(10)18-12(13,14)15/h3-6,9,17H,2,7H2,1H3. The Morgan fingerprint density at radius 2 is 2.06 bits per heavy atom. The van der Waals surface area contributed by atoms with E-state index in [2.05, 4.69) is 10.1 Å². The number of alkyl halides is 3. The van der Waals surface area contributed by atoms with E-state index in [9.17, 15) is 13.2 Å². The van der Waals surface area contributed by atoms with Gasteiger partial charge >= 0.3 is 6.36 Å². The number of anilines is 1. The van der Waals surface area contributed by atoms with E-state index in [4.69, 9.17) is 5.26 Å². The van der Waals surface area contributed by atoms with Crippen molar-refractivity contribution < 1.29 is 17.9 Å². The lowest BCUT2D eigenvalue weighted by molar-refractivity contribution is -0.274. The Balaban J connectivity index is 2.85. The minimum absolute atomic E-state index is 0.201. The summed E-state index contributed by atoms with van der Waals surface area (Å²) in [6, 6.07) is 7.56. The zero-order valence-electron chi connectivity index (χ0n) is 9.79. The fourth-order valence-electron chi connectivity index (χ4n) is 1.43. The molecule has 0 fully saturated rings. The van der Waals surface area contributed by atoms with Crippen molar-refractivity contribution in [3.05, 3.63) is 24.3 Å². The zero-order chi connectivity index (χ0) is 13.6. The van der Waals surface area contributed by atoms with Crippen LogP contribution in [0.5, 0.6) is 5.75 Å². The average molecular weight is 258 g/mol. The third-order valence-corrected chi connectivity index (χ3v) is 2.30. The molecule has 0 radical (unpaired) electrons. The number of halogens is 3. The number of nitrogens with zero attached hydrogens (tertiary/aromatic N) is 1. The van der Waals surface area contributed by atoms with Crippen LogP contribution in [-0.4, -0.2) is 12.4 Å². The van der Waals surface area contributed by atoms with Crippen LogP contribution in [0.25, 0.3) is 0 Å². The molecule has 1 rings (SSSR count). The number of hydrogen-bond donors (Lipinski definition) is 1. The molecule has 0 aliphatic rings. The first kappa shape index (κ1) is 14.2. The third-order valence-electron chi connectivity index (χ3n) is 2.30. The molecule has 1 aromatic carbocycles. The molecule has 0 amide bonds. The van der Waals surface area contributed by atoms with Gasteiger partial charge in [0, 0.05) is 6.04 Å². The van der Waals surface area contributed by atoms with Crippen LogP contribution in [-0.2, 0) is 0 Å². The van der Waals surface area contributed by atoms with E-state index in [1.165, 1.54) is 18.2 Å². The van der Waals surface area contributed by atoms with Gasteiger partial charge in [0.05, 0.1) is 18.2 Å². The van der Waals surface area contributed by atoms with E-state index in [0.29, 0.717) is 6.42 Å². The molecule has 1 atom stereocenters. The number of rotatable bonds is 5. The van der Waals surface area contributed by atoms with Crippen molar-refractivity contribution in [1.82, 2.24) is 0 Å². The molecule has 0 aromatic heterocycles. The summed E-state index contributed by atoms with van der Waals surface area (Å²) in [6.07, 6.45) is -3.88. The Kier molecular flexibility index (Phi) is 4.84. The molecule has 0 aliphatic heterocycles. The van der Waals surface area contributed by atoms with Gasteiger partial charge in [0.2, 0.25) is 0 Å². The quantitative estimate of drug-likeness (QED) is 0.876. The van der Waals surface area contributed by atoms with Gasteiger partial charge in [-0.3, -0.25) is 0 Å². The summed E-state index contributed by atoms with van der Waals surface area (Å²) >= 11 is 0. The van der Waals surface area contributed by atoms with Gasteiger partial charge in [0.25, 0.3) is 0 Å². The molecular weight excluding hydrogens is 245 g/mol. The maximum atomic E-state index is 12.2. The normalized spacial score (nSPS) is 12.6. The summed E-state index contributed by atoms with van der Waals surface area (Å²) in [4.78, 5) is 0. The van der Waals surface area contributed by atoms with Gasteiger partial charge in [-0.05, 0) is 18.6 Å². The highest BCUT2D eigenvalue weighted by Gasteiger charge is 2.32. The molecule has 6 heteroatoms. The molecule has 0 bridgehead atoms. The topological polar surface area (TPSA) is 45.0 Å². The summed E-state index contributed by atoms with van der Waals surface area (Å²) in [7, 11) is 0. The van der Waals surface area contributed by atoms with E-state index in [0.717, 1.165) is 0 Å². The Hall–Kier alpha value is -1.90. The van der Waals surface area contributed by atoms with E-state index < -0.39 is 6.36 Å². The summed E-state index contributed by atoms with van der Waals surface area (Å²) in [5.41, 5.74) is 0.233. The fraction of sp³-hybridized carbons (Fsp3) is 0.417. The van der Waals surface area contributed by atoms with Gasteiger partial charge in [-0.25, -0.2) is 0 Å². The molecule has 0 heterocycles. The lowest BCUT2D eigenvalue weighted by Gasteiger charge is -2.18. The first-order valence-electron chi connectivity index (χ1n) is 5.44. The summed E-state index contributed by atoms with van der Waals surface area (Å²) in [5.74, 6) is -0.290. The Labute approximate surface area is 103 Å². The minimum Gasteiger partial charge on any atom is -0.404 e. The second kappa shape index (κ2) is 6.15. The van der Waals surface area contributed by atoms with E-state index >= 15 is 0 Å². The van der Waals surface area contributed by atoms with Gasteiger partial charge in [0.1, 0.15) is 0 Å². The monoisotopic (exact) mass is 258 g/mol. The predicted molar refractivity (Wildman–Crippen MR) is 61.1 cm³/mol. The number of benzene rings is 1. The van der Waals surface area contributed by atoms with Crippen LogP contribution in [0.3, 0.4) is 0 Å². The van der Waals surface area contributed by atoms with Gasteiger partial charge < -0.3 is 10.1 Å². The zero-order valence-corrected chi connectivity index (χ0v) is 9.79. The molecule has 0 saturated heterocycles. The Bertz CT molecular complexity index is 426. The summed E-state index contributed by atoms with van der Waals surface area (Å²) in [6.45, 7) is 1.85. The smallest absolute Gasteiger partial charge is 0.404 e. The van der Waals surface area contributed by atoms with Gasteiger partial charge in [-0.15, -0.1) is 13.2 Å². The van der Waals surface area contributed by atoms with Crippen molar-refractivity contribution in [3.8, 4) is 11.8 Å². The van der Waals surface area contributed by atoms with Crippen LogP contribution in [0.4, 0.5) is 18.9 Å². The van der Waals surface area contributed by atoms with Gasteiger partial charge in [0.15, 0.2) is 5.75 Å². The first-order valence-corrected chi connectivity index (χ1v) is 5.44. The number of nitrogens with one attached hydrogen (secondary N) is 1. The van der Waals surface area contributed by atoms with E-state index in [1.807, 2.05) is 13.0 Å². The lowest BCUT2D eigenvalue weighted by Crippen LogP contribution is -2.21. The maximum absolute atomic E-state index is 12.2. The van der Waals surface area contributed by atoms with Gasteiger partial charge in [-0.1, -0.05) is 19.1 Å². The van der Waals surface area contributed by atoms with Crippen LogP contribution in [0.2, 0.25) is 0 Å². The molecule has 0 aliphatic carbocycles. The molecular formula is C12H13F3N2O. The average Bonchev–Trinajstić information content (AvgIpc) is 2.29.